The zero-order chi connectivity index (χ0) is 22.6. The fraction of sp³-hybridized carbons (Fsp3) is 0.391. The minimum absolute atomic E-state index is 0.0981. The van der Waals surface area contributed by atoms with Crippen LogP contribution in [-0.4, -0.2) is 62.2 Å². The minimum atomic E-state index is -3.56. The van der Waals surface area contributed by atoms with Crippen molar-refractivity contribution in [1.82, 2.24) is 14.5 Å². The molecule has 2 aromatic rings. The van der Waals surface area contributed by atoms with Gasteiger partial charge in [-0.25, -0.2) is 8.42 Å². The second kappa shape index (κ2) is 9.70. The number of nitrogens with zero attached hydrogens (tertiary/aromatic N) is 2. The predicted molar refractivity (Wildman–Crippen MR) is 118 cm³/mol. The number of hydrogen-bond acceptors (Lipinski definition) is 5. The fourth-order valence-corrected chi connectivity index (χ4v) is 5.50. The van der Waals surface area contributed by atoms with E-state index in [0.717, 1.165) is 11.3 Å². The summed E-state index contributed by atoms with van der Waals surface area (Å²) >= 11 is 0. The molecule has 1 fully saturated rings. The number of ether oxygens (including phenoxy) is 1. The standard InChI is InChI=1S/C23H27N3O5S/c27-22(24-20-12-17-31-21-9-5-4-8-19(20)21)10-11-23(28)25-13-15-26(16-14-25)32(29,30)18-6-2-1-3-7-18/h1-9,20H,10-17H2,(H,24,27)/t20-/m1/s1. The highest BCUT2D eigenvalue weighted by Crippen LogP contribution is 2.31. The van der Waals surface area contributed by atoms with Crippen LogP contribution in [0.3, 0.4) is 0 Å². The van der Waals surface area contributed by atoms with E-state index in [0.29, 0.717) is 26.1 Å². The van der Waals surface area contributed by atoms with Crippen molar-refractivity contribution in [2.75, 3.05) is 32.8 Å². The first kappa shape index (κ1) is 22.3. The quantitative estimate of drug-likeness (QED) is 0.715. The third kappa shape index (κ3) is 4.94. The van der Waals surface area contributed by atoms with E-state index in [4.69, 9.17) is 4.74 Å². The topological polar surface area (TPSA) is 96.0 Å². The molecule has 2 aliphatic heterocycles. The van der Waals surface area contributed by atoms with Gasteiger partial charge in [0.1, 0.15) is 5.75 Å². The number of sulfonamides is 1. The maximum atomic E-state index is 12.7. The molecule has 0 bridgehead atoms. The van der Waals surface area contributed by atoms with Crippen LogP contribution >= 0.6 is 0 Å². The molecule has 0 radical (unpaired) electrons. The molecular formula is C23H27N3O5S. The number of nitrogens with one attached hydrogen (secondary N) is 1. The lowest BCUT2D eigenvalue weighted by Crippen LogP contribution is -2.50. The van der Waals surface area contributed by atoms with Gasteiger partial charge in [-0.2, -0.15) is 4.31 Å². The van der Waals surface area contributed by atoms with Crippen molar-refractivity contribution >= 4 is 21.8 Å². The van der Waals surface area contributed by atoms with Crippen LogP contribution in [0.15, 0.2) is 59.5 Å². The van der Waals surface area contributed by atoms with Crippen LogP contribution in [0.4, 0.5) is 0 Å². The first-order chi connectivity index (χ1) is 15.4. The van der Waals surface area contributed by atoms with E-state index < -0.39 is 10.0 Å². The Bertz CT molecular complexity index is 1070. The fourth-order valence-electron chi connectivity index (χ4n) is 4.06. The van der Waals surface area contributed by atoms with Crippen molar-refractivity contribution in [1.29, 1.82) is 0 Å². The van der Waals surface area contributed by atoms with Gasteiger partial charge in [-0.15, -0.1) is 0 Å². The van der Waals surface area contributed by atoms with E-state index in [9.17, 15) is 18.0 Å². The number of amides is 2. The first-order valence-electron chi connectivity index (χ1n) is 10.8. The zero-order valence-electron chi connectivity index (χ0n) is 17.8. The highest BCUT2D eigenvalue weighted by molar-refractivity contribution is 7.89. The monoisotopic (exact) mass is 457 g/mol. The first-order valence-corrected chi connectivity index (χ1v) is 12.2. The van der Waals surface area contributed by atoms with E-state index in [2.05, 4.69) is 5.32 Å². The molecule has 1 atom stereocenters. The highest BCUT2D eigenvalue weighted by atomic mass is 32.2. The summed E-state index contributed by atoms with van der Waals surface area (Å²) in [4.78, 5) is 26.9. The molecule has 2 aliphatic rings. The second-order valence-electron chi connectivity index (χ2n) is 7.89. The molecule has 1 N–H and O–H groups in total. The number of rotatable bonds is 6. The molecule has 0 unspecified atom stereocenters. The lowest BCUT2D eigenvalue weighted by molar-refractivity contribution is -0.134. The number of para-hydroxylation sites is 1. The van der Waals surface area contributed by atoms with Crippen LogP contribution in [0.25, 0.3) is 0 Å². The SMILES string of the molecule is O=C(CCC(=O)N1CCN(S(=O)(=O)c2ccccc2)CC1)N[C@@H]1CCOc2ccccc21. The van der Waals surface area contributed by atoms with Crippen LogP contribution < -0.4 is 10.1 Å². The van der Waals surface area contributed by atoms with Crippen LogP contribution in [-0.2, 0) is 19.6 Å². The lowest BCUT2D eigenvalue weighted by atomic mass is 10.0. The summed E-state index contributed by atoms with van der Waals surface area (Å²) in [6.07, 6.45) is 0.886. The summed E-state index contributed by atoms with van der Waals surface area (Å²) in [6.45, 7) is 1.67. The normalized spacial score (nSPS) is 19.0. The van der Waals surface area contributed by atoms with Crippen molar-refractivity contribution in [3.05, 3.63) is 60.2 Å². The number of benzene rings is 2. The van der Waals surface area contributed by atoms with Gasteiger partial charge >= 0.3 is 0 Å². The highest BCUT2D eigenvalue weighted by Gasteiger charge is 2.30. The largest absolute Gasteiger partial charge is 0.493 e. The molecule has 2 heterocycles. The van der Waals surface area contributed by atoms with E-state index in [-0.39, 0.29) is 48.7 Å². The smallest absolute Gasteiger partial charge is 0.243 e. The predicted octanol–water partition coefficient (Wildman–Crippen LogP) is 1.94. The molecule has 0 aromatic heterocycles. The van der Waals surface area contributed by atoms with Crippen molar-refractivity contribution in [2.45, 2.75) is 30.2 Å². The summed E-state index contributed by atoms with van der Waals surface area (Å²) in [5, 5.41) is 3.00. The van der Waals surface area contributed by atoms with Gasteiger partial charge in [0, 0.05) is 51.0 Å². The molecule has 2 aromatic carbocycles. The molecule has 0 saturated carbocycles. The Hall–Kier alpha value is -2.91. The van der Waals surface area contributed by atoms with Crippen molar-refractivity contribution in [2.24, 2.45) is 0 Å². The summed E-state index contributed by atoms with van der Waals surface area (Å²) in [6, 6.07) is 15.8. The molecule has 0 aliphatic carbocycles. The molecule has 0 spiro atoms. The van der Waals surface area contributed by atoms with E-state index in [1.165, 1.54) is 4.31 Å². The van der Waals surface area contributed by atoms with Gasteiger partial charge in [0.05, 0.1) is 17.5 Å². The Morgan fingerprint density at radius 2 is 1.62 bits per heavy atom. The van der Waals surface area contributed by atoms with Crippen LogP contribution in [0.5, 0.6) is 5.75 Å². The van der Waals surface area contributed by atoms with E-state index >= 15 is 0 Å². The molecule has 32 heavy (non-hydrogen) atoms. The Balaban J connectivity index is 1.25. The van der Waals surface area contributed by atoms with Gasteiger partial charge in [-0.05, 0) is 18.2 Å². The molecule has 9 heteroatoms. The van der Waals surface area contributed by atoms with Gasteiger partial charge < -0.3 is 15.0 Å². The molecular weight excluding hydrogens is 430 g/mol. The average molecular weight is 458 g/mol. The van der Waals surface area contributed by atoms with Crippen molar-refractivity contribution < 1.29 is 22.7 Å². The molecule has 8 nitrogen and oxygen atoms in total. The van der Waals surface area contributed by atoms with Gasteiger partial charge in [-0.1, -0.05) is 36.4 Å². The summed E-state index contributed by atoms with van der Waals surface area (Å²) in [7, 11) is -3.56. The minimum Gasteiger partial charge on any atom is -0.493 e. The van der Waals surface area contributed by atoms with Gasteiger partial charge in [0.25, 0.3) is 0 Å². The number of carbonyl (C=O) groups is 2. The Morgan fingerprint density at radius 1 is 0.938 bits per heavy atom. The third-order valence-electron chi connectivity index (χ3n) is 5.83. The molecule has 1 saturated heterocycles. The zero-order valence-corrected chi connectivity index (χ0v) is 18.6. The number of carbonyl (C=O) groups excluding carboxylic acids is 2. The summed E-state index contributed by atoms with van der Waals surface area (Å²) in [5.74, 6) is 0.470. The van der Waals surface area contributed by atoms with Crippen molar-refractivity contribution in [3.8, 4) is 5.75 Å². The third-order valence-corrected chi connectivity index (χ3v) is 7.74. The Kier molecular flexibility index (Phi) is 6.76. The number of fused-ring (bicyclic) bond motifs is 1. The lowest BCUT2D eigenvalue weighted by Gasteiger charge is -2.34. The van der Waals surface area contributed by atoms with Crippen LogP contribution in [0.2, 0.25) is 0 Å². The summed E-state index contributed by atoms with van der Waals surface area (Å²) < 4.78 is 32.5. The number of piperazine rings is 1. The van der Waals surface area contributed by atoms with Gasteiger partial charge in [0.2, 0.25) is 21.8 Å². The van der Waals surface area contributed by atoms with E-state index in [1.54, 1.807) is 35.2 Å². The molecule has 4 rings (SSSR count). The Morgan fingerprint density at radius 3 is 2.38 bits per heavy atom. The Labute approximate surface area is 188 Å². The van der Waals surface area contributed by atoms with Gasteiger partial charge in [-0.3, -0.25) is 9.59 Å². The average Bonchev–Trinajstić information content (AvgIpc) is 2.83. The maximum Gasteiger partial charge on any atom is 0.243 e. The molecule has 2 amide bonds. The van der Waals surface area contributed by atoms with Crippen LogP contribution in [0, 0.1) is 0 Å². The summed E-state index contributed by atoms with van der Waals surface area (Å²) in [5.41, 5.74) is 0.953. The second-order valence-corrected chi connectivity index (χ2v) is 9.83. The van der Waals surface area contributed by atoms with Crippen molar-refractivity contribution in [3.63, 3.8) is 0 Å². The number of hydrogen-bond donors (Lipinski definition) is 1. The van der Waals surface area contributed by atoms with Crippen LogP contribution in [0.1, 0.15) is 30.9 Å². The van der Waals surface area contributed by atoms with Gasteiger partial charge in [0.15, 0.2) is 0 Å². The maximum absolute atomic E-state index is 12.7. The molecule has 170 valence electrons. The van der Waals surface area contributed by atoms with E-state index in [1.807, 2.05) is 24.3 Å².